The molecule has 1 aromatic rings. The molecule has 2 rings (SSSR count). The van der Waals surface area contributed by atoms with Gasteiger partial charge < -0.3 is 5.32 Å². The molecule has 14 heavy (non-hydrogen) atoms. The highest BCUT2D eigenvalue weighted by molar-refractivity contribution is 7.89. The Morgan fingerprint density at radius 2 is 2.07 bits per heavy atom. The standard InChI is InChI=1S/C9H12N2O2S/c10-14(12,13)9-2-1-7-3-4-11-6-8(7)5-9/h1-2,5,11H,3-4,6H2,(H2,10,12,13)/p+1. The van der Waals surface area contributed by atoms with E-state index in [1.54, 1.807) is 12.1 Å². The van der Waals surface area contributed by atoms with E-state index >= 15 is 0 Å². The molecule has 0 aromatic heterocycles. The van der Waals surface area contributed by atoms with Gasteiger partial charge in [0.05, 0.1) is 11.4 Å². The molecule has 0 unspecified atom stereocenters. The van der Waals surface area contributed by atoms with Crippen molar-refractivity contribution in [3.8, 4) is 0 Å². The maximum atomic E-state index is 11.1. The van der Waals surface area contributed by atoms with Crippen LogP contribution in [-0.2, 0) is 23.0 Å². The van der Waals surface area contributed by atoms with E-state index in [-0.39, 0.29) is 4.90 Å². The summed E-state index contributed by atoms with van der Waals surface area (Å²) in [6.07, 6.45) is 1.00. The van der Waals surface area contributed by atoms with Gasteiger partial charge in [-0.3, -0.25) is 0 Å². The second-order valence-electron chi connectivity index (χ2n) is 3.51. The first kappa shape index (κ1) is 9.64. The van der Waals surface area contributed by atoms with Gasteiger partial charge in [-0.1, -0.05) is 6.07 Å². The van der Waals surface area contributed by atoms with E-state index in [0.717, 1.165) is 25.1 Å². The third-order valence-corrected chi connectivity index (χ3v) is 3.40. The highest BCUT2D eigenvalue weighted by Gasteiger charge is 2.15. The molecular formula is C9H13N2O2S+. The summed E-state index contributed by atoms with van der Waals surface area (Å²) in [4.78, 5) is 0.214. The minimum atomic E-state index is -3.55. The van der Waals surface area contributed by atoms with Crippen molar-refractivity contribution in [1.82, 2.24) is 0 Å². The molecule has 0 radical (unpaired) electrons. The summed E-state index contributed by atoms with van der Waals surface area (Å²) in [5, 5.41) is 7.21. The van der Waals surface area contributed by atoms with E-state index in [9.17, 15) is 8.42 Å². The average molecular weight is 213 g/mol. The van der Waals surface area contributed by atoms with Crippen molar-refractivity contribution in [2.75, 3.05) is 6.54 Å². The highest BCUT2D eigenvalue weighted by atomic mass is 32.2. The van der Waals surface area contributed by atoms with Gasteiger partial charge in [-0.05, 0) is 17.7 Å². The zero-order chi connectivity index (χ0) is 10.2. The van der Waals surface area contributed by atoms with Crippen molar-refractivity contribution in [1.29, 1.82) is 0 Å². The molecule has 0 amide bonds. The molecule has 0 bridgehead atoms. The minimum absolute atomic E-state index is 0.214. The van der Waals surface area contributed by atoms with Crippen LogP contribution < -0.4 is 10.5 Å². The lowest BCUT2D eigenvalue weighted by molar-refractivity contribution is -0.673. The van der Waals surface area contributed by atoms with Gasteiger partial charge in [0.25, 0.3) is 0 Å². The van der Waals surface area contributed by atoms with Crippen LogP contribution in [0, 0.1) is 0 Å². The van der Waals surface area contributed by atoms with Crippen LogP contribution in [0.15, 0.2) is 23.1 Å². The monoisotopic (exact) mass is 213 g/mol. The maximum Gasteiger partial charge on any atom is 0.238 e. The quantitative estimate of drug-likeness (QED) is 0.624. The molecule has 0 fully saturated rings. The summed E-state index contributed by atoms with van der Waals surface area (Å²) in [5.41, 5.74) is 2.32. The fourth-order valence-corrected chi connectivity index (χ4v) is 2.29. The van der Waals surface area contributed by atoms with Crippen LogP contribution in [0.1, 0.15) is 11.1 Å². The number of benzene rings is 1. The summed E-state index contributed by atoms with van der Waals surface area (Å²) in [5.74, 6) is 0. The third-order valence-electron chi connectivity index (χ3n) is 2.49. The van der Waals surface area contributed by atoms with Crippen molar-refractivity contribution >= 4 is 10.0 Å². The average Bonchev–Trinajstić information content (AvgIpc) is 2.16. The third kappa shape index (κ3) is 1.79. The maximum absolute atomic E-state index is 11.1. The summed E-state index contributed by atoms with van der Waals surface area (Å²) in [7, 11) is -3.55. The van der Waals surface area contributed by atoms with E-state index in [1.165, 1.54) is 5.56 Å². The molecular weight excluding hydrogens is 200 g/mol. The molecule has 5 heteroatoms. The normalized spacial score (nSPS) is 16.4. The van der Waals surface area contributed by atoms with Crippen molar-refractivity contribution in [2.24, 2.45) is 5.14 Å². The first-order valence-corrected chi connectivity index (χ1v) is 6.08. The molecule has 76 valence electrons. The second kappa shape index (κ2) is 3.34. The second-order valence-corrected chi connectivity index (χ2v) is 5.07. The Kier molecular flexibility index (Phi) is 2.30. The molecule has 1 aromatic carbocycles. The topological polar surface area (TPSA) is 76.8 Å². The number of quaternary nitrogens is 1. The fraction of sp³-hybridized carbons (Fsp3) is 0.333. The molecule has 4 nitrogen and oxygen atoms in total. The number of rotatable bonds is 1. The zero-order valence-corrected chi connectivity index (χ0v) is 8.55. The van der Waals surface area contributed by atoms with E-state index in [1.807, 2.05) is 6.07 Å². The molecule has 1 aliphatic heterocycles. The summed E-state index contributed by atoms with van der Waals surface area (Å²) in [6.45, 7) is 1.92. The first-order chi connectivity index (χ1) is 6.57. The van der Waals surface area contributed by atoms with Crippen molar-refractivity contribution in [3.05, 3.63) is 29.3 Å². The van der Waals surface area contributed by atoms with Gasteiger partial charge in [-0.25, -0.2) is 13.6 Å². The van der Waals surface area contributed by atoms with Crippen LogP contribution in [0.3, 0.4) is 0 Å². The molecule has 1 heterocycles. The highest BCUT2D eigenvalue weighted by Crippen LogP contribution is 2.16. The van der Waals surface area contributed by atoms with Crippen molar-refractivity contribution in [2.45, 2.75) is 17.9 Å². The van der Waals surface area contributed by atoms with Crippen LogP contribution in [0.2, 0.25) is 0 Å². The van der Waals surface area contributed by atoms with Crippen LogP contribution >= 0.6 is 0 Å². The lowest BCUT2D eigenvalue weighted by Gasteiger charge is -2.14. The van der Waals surface area contributed by atoms with Crippen LogP contribution in [-0.4, -0.2) is 15.0 Å². The Morgan fingerprint density at radius 3 is 2.79 bits per heavy atom. The Hall–Kier alpha value is -0.910. The summed E-state index contributed by atoms with van der Waals surface area (Å²) in [6, 6.07) is 5.13. The Balaban J connectivity index is 2.49. The van der Waals surface area contributed by atoms with E-state index in [0.29, 0.717) is 0 Å². The first-order valence-electron chi connectivity index (χ1n) is 4.53. The molecule has 1 aliphatic rings. The number of sulfonamides is 1. The molecule has 0 saturated carbocycles. The smallest absolute Gasteiger partial charge is 0.238 e. The number of hydrogen-bond acceptors (Lipinski definition) is 2. The largest absolute Gasteiger partial charge is 0.342 e. The SMILES string of the molecule is NS(=O)(=O)c1ccc2c(c1)C[NH2+]CC2. The van der Waals surface area contributed by atoms with Gasteiger partial charge in [0.1, 0.15) is 6.54 Å². The van der Waals surface area contributed by atoms with Gasteiger partial charge in [0.2, 0.25) is 10.0 Å². The molecule has 0 saturated heterocycles. The molecule has 0 atom stereocenters. The van der Waals surface area contributed by atoms with Gasteiger partial charge in [0.15, 0.2) is 0 Å². The number of primary sulfonamides is 1. The molecule has 0 aliphatic carbocycles. The summed E-state index contributed by atoms with van der Waals surface area (Å²) >= 11 is 0. The minimum Gasteiger partial charge on any atom is -0.342 e. The van der Waals surface area contributed by atoms with Gasteiger partial charge in [0, 0.05) is 12.0 Å². The van der Waals surface area contributed by atoms with Crippen molar-refractivity contribution in [3.63, 3.8) is 0 Å². The van der Waals surface area contributed by atoms with Crippen molar-refractivity contribution < 1.29 is 13.7 Å². The Morgan fingerprint density at radius 1 is 1.29 bits per heavy atom. The van der Waals surface area contributed by atoms with E-state index in [4.69, 9.17) is 5.14 Å². The number of hydrogen-bond donors (Lipinski definition) is 2. The Bertz CT molecular complexity index is 454. The predicted molar refractivity (Wildman–Crippen MR) is 52.0 cm³/mol. The lowest BCUT2D eigenvalue weighted by Crippen LogP contribution is -2.84. The fourth-order valence-electron chi connectivity index (χ4n) is 1.73. The molecule has 4 N–H and O–H groups in total. The van der Waals surface area contributed by atoms with Gasteiger partial charge in [-0.2, -0.15) is 0 Å². The predicted octanol–water partition coefficient (Wildman–Crippen LogP) is -1.05. The van der Waals surface area contributed by atoms with E-state index in [2.05, 4.69) is 5.32 Å². The van der Waals surface area contributed by atoms with Crippen LogP contribution in [0.5, 0.6) is 0 Å². The zero-order valence-electron chi connectivity index (χ0n) is 7.73. The lowest BCUT2D eigenvalue weighted by atomic mass is 10.0. The number of fused-ring (bicyclic) bond motifs is 1. The number of nitrogens with two attached hydrogens (primary N) is 2. The Labute approximate surface area is 83.2 Å². The van der Waals surface area contributed by atoms with Gasteiger partial charge in [-0.15, -0.1) is 0 Å². The molecule has 0 spiro atoms. The van der Waals surface area contributed by atoms with Gasteiger partial charge >= 0.3 is 0 Å². The summed E-state index contributed by atoms with van der Waals surface area (Å²) < 4.78 is 22.2. The van der Waals surface area contributed by atoms with E-state index < -0.39 is 10.0 Å². The van der Waals surface area contributed by atoms with Crippen LogP contribution in [0.4, 0.5) is 0 Å². The van der Waals surface area contributed by atoms with Crippen LogP contribution in [0.25, 0.3) is 0 Å².